The Balaban J connectivity index is 2.52. The van der Waals surface area contributed by atoms with Crippen molar-refractivity contribution >= 4 is 27.1 Å². The van der Waals surface area contributed by atoms with Gasteiger partial charge < -0.3 is 11.1 Å². The van der Waals surface area contributed by atoms with Gasteiger partial charge in [0.1, 0.15) is 14.8 Å². The summed E-state index contributed by atoms with van der Waals surface area (Å²) in [7, 11) is -3.10. The maximum atomic E-state index is 11.9. The zero-order valence-electron chi connectivity index (χ0n) is 11.9. The molecule has 0 aliphatic carbocycles. The van der Waals surface area contributed by atoms with Gasteiger partial charge in [0.2, 0.25) is 5.91 Å². The summed E-state index contributed by atoms with van der Waals surface area (Å²) in [4.78, 5) is 17.3. The molecule has 3 N–H and O–H groups in total. The molecule has 2 atom stereocenters. The quantitative estimate of drug-likeness (QED) is 0.768. The molecular formula is C12H21N3O3S2. The molecule has 114 valence electrons. The molecule has 1 aromatic rings. The van der Waals surface area contributed by atoms with E-state index in [2.05, 4.69) is 10.3 Å². The van der Waals surface area contributed by atoms with Crippen LogP contribution in [0.2, 0.25) is 0 Å². The molecule has 0 aliphatic heterocycles. The first-order valence-corrected chi connectivity index (χ1v) is 9.29. The first kappa shape index (κ1) is 17.1. The van der Waals surface area contributed by atoms with Gasteiger partial charge in [-0.1, -0.05) is 6.92 Å². The van der Waals surface area contributed by atoms with Gasteiger partial charge in [0.15, 0.2) is 0 Å². The van der Waals surface area contributed by atoms with Crippen molar-refractivity contribution in [3.63, 3.8) is 0 Å². The van der Waals surface area contributed by atoms with Crippen molar-refractivity contribution in [1.82, 2.24) is 10.3 Å². The maximum Gasteiger partial charge on any atom is 0.237 e. The minimum Gasteiger partial charge on any atom is -0.346 e. The topological polar surface area (TPSA) is 102 Å². The zero-order valence-corrected chi connectivity index (χ0v) is 13.6. The van der Waals surface area contributed by atoms with Crippen LogP contribution in [0.15, 0.2) is 6.20 Å². The average molecular weight is 319 g/mol. The van der Waals surface area contributed by atoms with Crippen LogP contribution in [0.1, 0.15) is 36.2 Å². The summed E-state index contributed by atoms with van der Waals surface area (Å²) in [5.41, 5.74) is 5.69. The Morgan fingerprint density at radius 2 is 2.20 bits per heavy atom. The number of aromatic nitrogens is 1. The van der Waals surface area contributed by atoms with Crippen molar-refractivity contribution in [2.45, 2.75) is 38.8 Å². The number of thiazole rings is 1. The van der Waals surface area contributed by atoms with Crippen molar-refractivity contribution in [3.8, 4) is 0 Å². The van der Waals surface area contributed by atoms with Crippen LogP contribution in [0.5, 0.6) is 0 Å². The lowest BCUT2D eigenvalue weighted by Gasteiger charge is -2.15. The molecule has 1 amide bonds. The number of carbonyl (C=O) groups is 1. The minimum absolute atomic E-state index is 0.0901. The Morgan fingerprint density at radius 1 is 1.55 bits per heavy atom. The molecule has 0 aliphatic rings. The minimum atomic E-state index is -3.10. The Hall–Kier alpha value is -0.990. The van der Waals surface area contributed by atoms with Crippen LogP contribution < -0.4 is 11.1 Å². The highest BCUT2D eigenvalue weighted by atomic mass is 32.2. The molecule has 0 bridgehead atoms. The van der Waals surface area contributed by atoms with Gasteiger partial charge >= 0.3 is 0 Å². The molecule has 0 saturated heterocycles. The highest BCUT2D eigenvalue weighted by Crippen LogP contribution is 2.20. The standard InChI is InChI=1S/C12H21N3O3S2/c1-4-9-7-14-12(19-9)8(2)15-11(16)10(13)5-6-20(3,17)18/h7-8,10H,4-6,13H2,1-3H3,(H,15,16). The van der Waals surface area contributed by atoms with Gasteiger partial charge in [0.25, 0.3) is 0 Å². The first-order chi connectivity index (χ1) is 9.23. The molecule has 0 radical (unpaired) electrons. The Labute approximate surface area is 123 Å². The smallest absolute Gasteiger partial charge is 0.237 e. The van der Waals surface area contributed by atoms with E-state index in [0.29, 0.717) is 0 Å². The van der Waals surface area contributed by atoms with Crippen molar-refractivity contribution in [2.75, 3.05) is 12.0 Å². The lowest BCUT2D eigenvalue weighted by atomic mass is 10.2. The second kappa shape index (κ2) is 7.14. The monoisotopic (exact) mass is 319 g/mol. The molecule has 1 heterocycles. The average Bonchev–Trinajstić information content (AvgIpc) is 2.83. The van der Waals surface area contributed by atoms with Gasteiger partial charge in [-0.3, -0.25) is 4.79 Å². The third kappa shape index (κ3) is 5.56. The van der Waals surface area contributed by atoms with Crippen molar-refractivity contribution in [1.29, 1.82) is 0 Å². The summed E-state index contributed by atoms with van der Waals surface area (Å²) >= 11 is 1.55. The molecule has 1 aromatic heterocycles. The Morgan fingerprint density at radius 3 is 2.70 bits per heavy atom. The predicted octanol–water partition coefficient (Wildman–Crippen LogP) is 0.645. The van der Waals surface area contributed by atoms with E-state index < -0.39 is 15.9 Å². The number of hydrogen-bond donors (Lipinski definition) is 2. The summed E-state index contributed by atoms with van der Waals surface area (Å²) < 4.78 is 22.1. The molecule has 0 aromatic carbocycles. The SMILES string of the molecule is CCc1cnc(C(C)NC(=O)C(N)CCS(C)(=O)=O)s1. The van der Waals surface area contributed by atoms with Gasteiger partial charge in [0, 0.05) is 17.3 Å². The number of sulfone groups is 1. The summed E-state index contributed by atoms with van der Waals surface area (Å²) in [6.07, 6.45) is 3.95. The summed E-state index contributed by atoms with van der Waals surface area (Å²) in [5.74, 6) is -0.442. The first-order valence-electron chi connectivity index (χ1n) is 6.41. The summed E-state index contributed by atoms with van der Waals surface area (Å²) in [5, 5.41) is 3.58. The van der Waals surface area contributed by atoms with Gasteiger partial charge in [-0.25, -0.2) is 13.4 Å². The van der Waals surface area contributed by atoms with Crippen LogP contribution in [-0.2, 0) is 21.1 Å². The second-order valence-electron chi connectivity index (χ2n) is 4.77. The molecule has 2 unspecified atom stereocenters. The van der Waals surface area contributed by atoms with E-state index in [0.717, 1.165) is 22.6 Å². The maximum absolute atomic E-state index is 11.9. The zero-order chi connectivity index (χ0) is 15.3. The lowest BCUT2D eigenvalue weighted by molar-refractivity contribution is -0.123. The van der Waals surface area contributed by atoms with E-state index in [9.17, 15) is 13.2 Å². The van der Waals surface area contributed by atoms with Crippen LogP contribution in [0.4, 0.5) is 0 Å². The summed E-state index contributed by atoms with van der Waals surface area (Å²) in [6, 6.07) is -1.05. The number of nitrogens with zero attached hydrogens (tertiary/aromatic N) is 1. The van der Waals surface area contributed by atoms with Gasteiger partial charge in [-0.05, 0) is 19.8 Å². The summed E-state index contributed by atoms with van der Waals surface area (Å²) in [6.45, 7) is 3.88. The lowest BCUT2D eigenvalue weighted by Crippen LogP contribution is -2.42. The Bertz CT molecular complexity index is 554. The number of hydrogen-bond acceptors (Lipinski definition) is 6. The number of nitrogens with one attached hydrogen (secondary N) is 1. The van der Waals surface area contributed by atoms with E-state index >= 15 is 0 Å². The second-order valence-corrected chi connectivity index (χ2v) is 8.18. The van der Waals surface area contributed by atoms with Crippen LogP contribution in [0, 0.1) is 0 Å². The van der Waals surface area contributed by atoms with E-state index in [4.69, 9.17) is 5.73 Å². The highest BCUT2D eigenvalue weighted by molar-refractivity contribution is 7.90. The van der Waals surface area contributed by atoms with Gasteiger partial charge in [-0.15, -0.1) is 11.3 Å². The fourth-order valence-corrected chi connectivity index (χ4v) is 3.08. The highest BCUT2D eigenvalue weighted by Gasteiger charge is 2.19. The van der Waals surface area contributed by atoms with Crippen molar-refractivity contribution in [3.05, 3.63) is 16.1 Å². The fraction of sp³-hybridized carbons (Fsp3) is 0.667. The van der Waals surface area contributed by atoms with E-state index in [1.54, 1.807) is 17.5 Å². The largest absolute Gasteiger partial charge is 0.346 e. The number of carbonyl (C=O) groups excluding carboxylic acids is 1. The van der Waals surface area contributed by atoms with Crippen molar-refractivity contribution in [2.24, 2.45) is 5.73 Å². The molecule has 20 heavy (non-hydrogen) atoms. The predicted molar refractivity (Wildman–Crippen MR) is 80.4 cm³/mol. The van der Waals surface area contributed by atoms with Crippen molar-refractivity contribution < 1.29 is 13.2 Å². The van der Waals surface area contributed by atoms with E-state index in [1.807, 2.05) is 13.8 Å². The van der Waals surface area contributed by atoms with Crippen LogP contribution in [0.3, 0.4) is 0 Å². The molecule has 0 spiro atoms. The van der Waals surface area contributed by atoms with E-state index in [-0.39, 0.29) is 24.1 Å². The van der Waals surface area contributed by atoms with Crippen LogP contribution in [-0.4, -0.2) is 37.4 Å². The van der Waals surface area contributed by atoms with Crippen LogP contribution >= 0.6 is 11.3 Å². The molecule has 1 rings (SSSR count). The third-order valence-corrected chi connectivity index (χ3v) is 5.09. The number of aryl methyl sites for hydroxylation is 1. The van der Waals surface area contributed by atoms with Gasteiger partial charge in [0.05, 0.1) is 17.8 Å². The number of rotatable bonds is 7. The Kier molecular flexibility index (Phi) is 6.09. The van der Waals surface area contributed by atoms with E-state index in [1.165, 1.54) is 0 Å². The molecule has 0 fully saturated rings. The number of nitrogens with two attached hydrogens (primary N) is 1. The fourth-order valence-electron chi connectivity index (χ4n) is 1.54. The van der Waals surface area contributed by atoms with Crippen LogP contribution in [0.25, 0.3) is 0 Å². The van der Waals surface area contributed by atoms with Gasteiger partial charge in [-0.2, -0.15) is 0 Å². The molecule has 6 nitrogen and oxygen atoms in total. The third-order valence-electron chi connectivity index (χ3n) is 2.79. The molecule has 0 saturated carbocycles. The molecular weight excluding hydrogens is 298 g/mol. The number of amides is 1. The normalized spacial score (nSPS) is 14.8. The molecule has 8 heteroatoms.